The molecule has 4 atom stereocenters. The molecule has 0 aromatic rings. The second-order valence-corrected chi connectivity index (χ2v) is 6.61. The fourth-order valence-electron chi connectivity index (χ4n) is 3.91. The summed E-state index contributed by atoms with van der Waals surface area (Å²) in [5, 5.41) is 0. The largest absolute Gasteiger partial charge is 0.137 e. The van der Waals surface area contributed by atoms with Gasteiger partial charge in [0.05, 0.1) is 0 Å². The van der Waals surface area contributed by atoms with Gasteiger partial charge in [-0.3, -0.25) is 0 Å². The van der Waals surface area contributed by atoms with E-state index in [0.717, 1.165) is 42.9 Å². The minimum atomic E-state index is 0.925. The van der Waals surface area contributed by atoms with E-state index in [1.54, 1.807) is 0 Å². The SMILES string of the molecule is C1=CC2C3C=CC(C3)C2C1.C1=CCC=C1.C1=CCC=CC1.C=C=C. The van der Waals surface area contributed by atoms with Crippen LogP contribution in [0.4, 0.5) is 0 Å². The van der Waals surface area contributed by atoms with E-state index in [2.05, 4.69) is 91.8 Å². The first-order chi connectivity index (χ1) is 11.9. The summed E-state index contributed by atoms with van der Waals surface area (Å²) in [5.74, 6) is 3.82. The molecule has 0 heteroatoms. The third-order valence-corrected chi connectivity index (χ3v) is 4.99. The Labute approximate surface area is 148 Å². The smallest absolute Gasteiger partial charge is 0.0133 e. The summed E-state index contributed by atoms with van der Waals surface area (Å²) in [6.45, 7) is 6.25. The molecule has 0 aromatic heterocycles. The quantitative estimate of drug-likeness (QED) is 0.343. The zero-order valence-corrected chi connectivity index (χ0v) is 14.7. The topological polar surface area (TPSA) is 0 Å². The molecule has 5 aliphatic carbocycles. The van der Waals surface area contributed by atoms with Gasteiger partial charge in [0.25, 0.3) is 0 Å². The van der Waals surface area contributed by atoms with Crippen molar-refractivity contribution in [1.29, 1.82) is 0 Å². The minimum absolute atomic E-state index is 0.925. The average Bonchev–Trinajstić information content (AvgIpc) is 3.42. The molecular formula is C24H30. The van der Waals surface area contributed by atoms with E-state index in [0.29, 0.717) is 0 Å². The molecule has 1 saturated carbocycles. The van der Waals surface area contributed by atoms with Crippen molar-refractivity contribution in [2.75, 3.05) is 0 Å². The van der Waals surface area contributed by atoms with Gasteiger partial charge in [0.15, 0.2) is 0 Å². The fraction of sp³-hybridized carbons (Fsp3) is 0.375. The molecule has 2 bridgehead atoms. The maximum Gasteiger partial charge on any atom is -0.0133 e. The molecular weight excluding hydrogens is 288 g/mol. The maximum absolute atomic E-state index is 3.12. The van der Waals surface area contributed by atoms with E-state index in [4.69, 9.17) is 0 Å². The summed E-state index contributed by atoms with van der Waals surface area (Å²) < 4.78 is 0. The van der Waals surface area contributed by atoms with E-state index in [9.17, 15) is 0 Å². The Hall–Kier alpha value is -2.04. The van der Waals surface area contributed by atoms with Crippen molar-refractivity contribution in [2.24, 2.45) is 23.7 Å². The van der Waals surface area contributed by atoms with Crippen molar-refractivity contribution in [3.8, 4) is 0 Å². The van der Waals surface area contributed by atoms with Crippen molar-refractivity contribution in [3.63, 3.8) is 0 Å². The normalized spacial score (nSPS) is 31.3. The van der Waals surface area contributed by atoms with E-state index < -0.39 is 0 Å². The van der Waals surface area contributed by atoms with Crippen molar-refractivity contribution < 1.29 is 0 Å². The van der Waals surface area contributed by atoms with Gasteiger partial charge in [0, 0.05) is 0 Å². The van der Waals surface area contributed by atoms with Gasteiger partial charge in [0.2, 0.25) is 0 Å². The molecule has 0 aromatic carbocycles. The van der Waals surface area contributed by atoms with Crippen molar-refractivity contribution in [1.82, 2.24) is 0 Å². The van der Waals surface area contributed by atoms with Gasteiger partial charge in [0.1, 0.15) is 0 Å². The molecule has 4 unspecified atom stereocenters. The standard InChI is InChI=1S/C10H12.C6H8.C5H6.C3H4/c1-2-9-7-4-5-8(6-7)10(9)3-1;1-2-4-6-5-3-1;1-2-4-5-3-1;1-3-2/h1-2,4-5,7-10H,3,6H2;1-2,5-6H,3-4H2;1-4H,5H2;1-2H2. The molecule has 0 saturated heterocycles. The molecule has 0 aliphatic heterocycles. The third-order valence-electron chi connectivity index (χ3n) is 4.99. The number of fused-ring (bicyclic) bond motifs is 5. The van der Waals surface area contributed by atoms with Crippen LogP contribution in [0.1, 0.15) is 32.1 Å². The predicted molar refractivity (Wildman–Crippen MR) is 107 cm³/mol. The fourth-order valence-corrected chi connectivity index (χ4v) is 3.91. The lowest BCUT2D eigenvalue weighted by molar-refractivity contribution is 0.398. The summed E-state index contributed by atoms with van der Waals surface area (Å²) in [6, 6.07) is 0. The van der Waals surface area contributed by atoms with E-state index in [1.165, 1.54) is 12.8 Å². The molecule has 1 fully saturated rings. The average molecular weight is 319 g/mol. The van der Waals surface area contributed by atoms with Crippen LogP contribution >= 0.6 is 0 Å². The minimum Gasteiger partial charge on any atom is -0.137 e. The van der Waals surface area contributed by atoms with Gasteiger partial charge < -0.3 is 0 Å². The second kappa shape index (κ2) is 10.7. The number of allylic oxidation sites excluding steroid dienone is 12. The summed E-state index contributed by atoms with van der Waals surface area (Å²) in [5.41, 5.74) is 2.25. The van der Waals surface area contributed by atoms with Gasteiger partial charge in [-0.25, -0.2) is 0 Å². The van der Waals surface area contributed by atoms with Crippen LogP contribution in [-0.4, -0.2) is 0 Å². The monoisotopic (exact) mass is 318 g/mol. The Kier molecular flexibility index (Phi) is 8.15. The van der Waals surface area contributed by atoms with Crippen LogP contribution in [0.5, 0.6) is 0 Å². The van der Waals surface area contributed by atoms with Crippen LogP contribution in [0.3, 0.4) is 0 Å². The van der Waals surface area contributed by atoms with Crippen molar-refractivity contribution in [2.45, 2.75) is 32.1 Å². The Balaban J connectivity index is 0.000000129. The third kappa shape index (κ3) is 5.55. The van der Waals surface area contributed by atoms with Gasteiger partial charge in [-0.2, -0.15) is 0 Å². The maximum atomic E-state index is 3.12. The predicted octanol–water partition coefficient (Wildman–Crippen LogP) is 6.74. The van der Waals surface area contributed by atoms with Crippen LogP contribution in [0, 0.1) is 23.7 Å². The molecule has 0 radical (unpaired) electrons. The number of hydrogen-bond donors (Lipinski definition) is 0. The molecule has 126 valence electrons. The van der Waals surface area contributed by atoms with Crippen LogP contribution in [-0.2, 0) is 0 Å². The number of rotatable bonds is 0. The number of hydrogen-bond acceptors (Lipinski definition) is 0. The first-order valence-electron chi connectivity index (χ1n) is 9.12. The highest BCUT2D eigenvalue weighted by atomic mass is 14.5. The van der Waals surface area contributed by atoms with Crippen LogP contribution in [0.2, 0.25) is 0 Å². The lowest BCUT2D eigenvalue weighted by Crippen LogP contribution is -2.12. The molecule has 0 nitrogen and oxygen atoms in total. The highest BCUT2D eigenvalue weighted by Crippen LogP contribution is 2.52. The summed E-state index contributed by atoms with van der Waals surface area (Å²) in [7, 11) is 0. The lowest BCUT2D eigenvalue weighted by Gasteiger charge is -2.18. The van der Waals surface area contributed by atoms with Gasteiger partial charge in [-0.05, 0) is 55.8 Å². The first kappa shape index (κ1) is 18.3. The van der Waals surface area contributed by atoms with Gasteiger partial charge >= 0.3 is 0 Å². The Bertz CT molecular complexity index is 543. The zero-order valence-electron chi connectivity index (χ0n) is 14.7. The van der Waals surface area contributed by atoms with E-state index in [-0.39, 0.29) is 0 Å². The Morgan fingerprint density at radius 2 is 1.21 bits per heavy atom. The van der Waals surface area contributed by atoms with Crippen LogP contribution in [0.25, 0.3) is 0 Å². The lowest BCUT2D eigenvalue weighted by atomic mass is 9.86. The first-order valence-corrected chi connectivity index (χ1v) is 9.12. The summed E-state index contributed by atoms with van der Waals surface area (Å²) >= 11 is 0. The molecule has 0 N–H and O–H groups in total. The highest BCUT2D eigenvalue weighted by molar-refractivity contribution is 5.21. The van der Waals surface area contributed by atoms with Crippen LogP contribution < -0.4 is 0 Å². The molecule has 0 heterocycles. The van der Waals surface area contributed by atoms with E-state index in [1.807, 2.05) is 0 Å². The summed E-state index contributed by atoms with van der Waals surface area (Å²) in [4.78, 5) is 0. The van der Waals surface area contributed by atoms with Gasteiger partial charge in [-0.15, -0.1) is 5.73 Å². The Morgan fingerprint density at radius 3 is 1.67 bits per heavy atom. The molecule has 5 rings (SSSR count). The highest BCUT2D eigenvalue weighted by Gasteiger charge is 2.44. The second-order valence-electron chi connectivity index (χ2n) is 6.61. The Morgan fingerprint density at radius 1 is 0.667 bits per heavy atom. The molecule has 0 spiro atoms. The molecule has 0 amide bonds. The van der Waals surface area contributed by atoms with Gasteiger partial charge in [-0.1, -0.05) is 86.1 Å². The van der Waals surface area contributed by atoms with Crippen molar-refractivity contribution >= 4 is 0 Å². The summed E-state index contributed by atoms with van der Waals surface area (Å²) in [6.07, 6.45) is 33.0. The van der Waals surface area contributed by atoms with Crippen molar-refractivity contribution in [3.05, 3.63) is 91.8 Å². The van der Waals surface area contributed by atoms with E-state index >= 15 is 0 Å². The van der Waals surface area contributed by atoms with Crippen LogP contribution in [0.15, 0.2) is 91.8 Å². The molecule has 5 aliphatic rings. The molecule has 24 heavy (non-hydrogen) atoms. The zero-order chi connectivity index (χ0) is 17.0.